The molecule has 1 atom stereocenters. The molecule has 0 bridgehead atoms. The molecule has 2 aliphatic rings. The van der Waals surface area contributed by atoms with E-state index in [1.54, 1.807) is 12.1 Å². The van der Waals surface area contributed by atoms with Crippen LogP contribution in [0.1, 0.15) is 43.7 Å². The maximum atomic E-state index is 13.5. The molecule has 1 aliphatic carbocycles. The standard InChI is InChI=1S/C17H23FN2O.ClH/c18-15-8-4-7-14(11-15)16-12-19-9-10-20(16)17(21)13-5-2-1-3-6-13;/h4,7-8,11,13,16,19H,1-3,5-6,9-10,12H2;1H. The van der Waals surface area contributed by atoms with Crippen molar-refractivity contribution in [3.8, 4) is 0 Å². The van der Waals surface area contributed by atoms with Gasteiger partial charge in [-0.2, -0.15) is 0 Å². The minimum Gasteiger partial charge on any atom is -0.333 e. The van der Waals surface area contributed by atoms with Crippen LogP contribution in [0.5, 0.6) is 0 Å². The molecule has 1 heterocycles. The lowest BCUT2D eigenvalue weighted by atomic mass is 9.87. The molecule has 3 rings (SSSR count). The summed E-state index contributed by atoms with van der Waals surface area (Å²) in [6.07, 6.45) is 5.59. The van der Waals surface area contributed by atoms with Gasteiger partial charge in [0.2, 0.25) is 5.91 Å². The van der Waals surface area contributed by atoms with Crippen molar-refractivity contribution < 1.29 is 9.18 Å². The summed E-state index contributed by atoms with van der Waals surface area (Å²) >= 11 is 0. The summed E-state index contributed by atoms with van der Waals surface area (Å²) in [5, 5.41) is 3.32. The van der Waals surface area contributed by atoms with Gasteiger partial charge in [0, 0.05) is 25.6 Å². The van der Waals surface area contributed by atoms with E-state index in [9.17, 15) is 9.18 Å². The quantitative estimate of drug-likeness (QED) is 0.904. The molecule has 5 heteroatoms. The van der Waals surface area contributed by atoms with Gasteiger partial charge >= 0.3 is 0 Å². The monoisotopic (exact) mass is 326 g/mol. The topological polar surface area (TPSA) is 32.3 Å². The fraction of sp³-hybridized carbons (Fsp3) is 0.588. The molecule has 122 valence electrons. The zero-order chi connectivity index (χ0) is 14.7. The number of nitrogens with zero attached hydrogens (tertiary/aromatic N) is 1. The summed E-state index contributed by atoms with van der Waals surface area (Å²) < 4.78 is 13.5. The van der Waals surface area contributed by atoms with Gasteiger partial charge in [-0.25, -0.2) is 4.39 Å². The maximum Gasteiger partial charge on any atom is 0.226 e. The van der Waals surface area contributed by atoms with Crippen molar-refractivity contribution in [2.45, 2.75) is 38.1 Å². The summed E-state index contributed by atoms with van der Waals surface area (Å²) in [6.45, 7) is 2.25. The van der Waals surface area contributed by atoms with Crippen LogP contribution in [-0.4, -0.2) is 30.4 Å². The number of carbonyl (C=O) groups is 1. The van der Waals surface area contributed by atoms with E-state index in [4.69, 9.17) is 0 Å². The first-order valence-corrected chi connectivity index (χ1v) is 8.02. The normalized spacial score (nSPS) is 23.0. The number of halogens is 2. The summed E-state index contributed by atoms with van der Waals surface area (Å²) in [5.74, 6) is 0.210. The highest BCUT2D eigenvalue weighted by atomic mass is 35.5. The second-order valence-corrected chi connectivity index (χ2v) is 6.14. The van der Waals surface area contributed by atoms with Crippen molar-refractivity contribution in [2.24, 2.45) is 5.92 Å². The largest absolute Gasteiger partial charge is 0.333 e. The molecule has 22 heavy (non-hydrogen) atoms. The molecule has 0 aromatic heterocycles. The Hall–Kier alpha value is -1.13. The highest BCUT2D eigenvalue weighted by molar-refractivity contribution is 5.85. The third-order valence-electron chi connectivity index (χ3n) is 4.71. The molecule has 3 nitrogen and oxygen atoms in total. The van der Waals surface area contributed by atoms with Gasteiger partial charge in [0.15, 0.2) is 0 Å². The first-order chi connectivity index (χ1) is 10.3. The van der Waals surface area contributed by atoms with Crippen LogP contribution < -0.4 is 5.32 Å². The van der Waals surface area contributed by atoms with Crippen LogP contribution in [0.2, 0.25) is 0 Å². The van der Waals surface area contributed by atoms with E-state index in [-0.39, 0.29) is 36.1 Å². The van der Waals surface area contributed by atoms with E-state index in [2.05, 4.69) is 5.32 Å². The smallest absolute Gasteiger partial charge is 0.226 e. The summed E-state index contributed by atoms with van der Waals surface area (Å²) in [4.78, 5) is 14.8. The Bertz CT molecular complexity index is 505. The molecule has 1 saturated carbocycles. The molecule has 1 aromatic carbocycles. The lowest BCUT2D eigenvalue weighted by Gasteiger charge is -2.39. The first kappa shape index (κ1) is 17.2. The number of hydrogen-bond acceptors (Lipinski definition) is 2. The molecule has 2 fully saturated rings. The van der Waals surface area contributed by atoms with Gasteiger partial charge in [-0.1, -0.05) is 31.4 Å². The Labute approximate surface area is 137 Å². The lowest BCUT2D eigenvalue weighted by molar-refractivity contribution is -0.140. The maximum absolute atomic E-state index is 13.5. The highest BCUT2D eigenvalue weighted by Crippen LogP contribution is 2.30. The SMILES string of the molecule is Cl.O=C(C1CCCCC1)N1CCNCC1c1cccc(F)c1. The van der Waals surface area contributed by atoms with Crippen LogP contribution >= 0.6 is 12.4 Å². The summed E-state index contributed by atoms with van der Waals surface area (Å²) in [5.41, 5.74) is 0.895. The summed E-state index contributed by atoms with van der Waals surface area (Å²) in [6, 6.07) is 6.61. The molecular weight excluding hydrogens is 303 g/mol. The van der Waals surface area contributed by atoms with Gasteiger partial charge < -0.3 is 10.2 Å². The number of piperazine rings is 1. The van der Waals surface area contributed by atoms with Crippen molar-refractivity contribution in [1.29, 1.82) is 0 Å². The third kappa shape index (κ3) is 3.79. The highest BCUT2D eigenvalue weighted by Gasteiger charge is 2.32. The van der Waals surface area contributed by atoms with Crippen LogP contribution in [0, 0.1) is 11.7 Å². The predicted molar refractivity (Wildman–Crippen MR) is 87.5 cm³/mol. The Kier molecular flexibility index (Phi) is 6.21. The van der Waals surface area contributed by atoms with Gasteiger partial charge in [0.05, 0.1) is 6.04 Å². The number of benzene rings is 1. The molecule has 1 aromatic rings. The number of hydrogen-bond donors (Lipinski definition) is 1. The number of carbonyl (C=O) groups excluding carboxylic acids is 1. The predicted octanol–water partition coefficient (Wildman–Crippen LogP) is 3.30. The van der Waals surface area contributed by atoms with E-state index in [0.717, 1.165) is 44.3 Å². The number of nitrogens with one attached hydrogen (secondary N) is 1. The van der Waals surface area contributed by atoms with Crippen molar-refractivity contribution in [3.63, 3.8) is 0 Å². The van der Waals surface area contributed by atoms with Crippen LogP contribution in [0.15, 0.2) is 24.3 Å². The van der Waals surface area contributed by atoms with Crippen LogP contribution in [0.4, 0.5) is 4.39 Å². The fourth-order valence-corrected chi connectivity index (χ4v) is 3.56. The Morgan fingerprint density at radius 1 is 1.23 bits per heavy atom. The van der Waals surface area contributed by atoms with Crippen LogP contribution in [-0.2, 0) is 4.79 Å². The van der Waals surface area contributed by atoms with Gasteiger partial charge in [-0.15, -0.1) is 12.4 Å². The first-order valence-electron chi connectivity index (χ1n) is 8.02. The van der Waals surface area contributed by atoms with Gasteiger partial charge in [-0.3, -0.25) is 4.79 Å². The Balaban J connectivity index is 0.00000176. The molecule has 1 unspecified atom stereocenters. The van der Waals surface area contributed by atoms with Crippen molar-refractivity contribution >= 4 is 18.3 Å². The van der Waals surface area contributed by atoms with E-state index >= 15 is 0 Å². The van der Waals surface area contributed by atoms with E-state index in [1.165, 1.54) is 12.5 Å². The second-order valence-electron chi connectivity index (χ2n) is 6.14. The molecule has 1 N–H and O–H groups in total. The zero-order valence-corrected chi connectivity index (χ0v) is 13.6. The van der Waals surface area contributed by atoms with Gasteiger partial charge in [0.25, 0.3) is 0 Å². The van der Waals surface area contributed by atoms with Crippen molar-refractivity contribution in [1.82, 2.24) is 10.2 Å². The molecule has 0 spiro atoms. The Morgan fingerprint density at radius 3 is 2.73 bits per heavy atom. The third-order valence-corrected chi connectivity index (χ3v) is 4.71. The Morgan fingerprint density at radius 2 is 2.00 bits per heavy atom. The second kappa shape index (κ2) is 7.93. The number of rotatable bonds is 2. The average molecular weight is 327 g/mol. The minimum absolute atomic E-state index is 0. The average Bonchev–Trinajstić information content (AvgIpc) is 2.55. The molecule has 1 aliphatic heterocycles. The fourth-order valence-electron chi connectivity index (χ4n) is 3.56. The summed E-state index contributed by atoms with van der Waals surface area (Å²) in [7, 11) is 0. The van der Waals surface area contributed by atoms with Crippen molar-refractivity contribution in [3.05, 3.63) is 35.6 Å². The minimum atomic E-state index is -0.233. The molecule has 1 saturated heterocycles. The van der Waals surface area contributed by atoms with E-state index < -0.39 is 0 Å². The lowest BCUT2D eigenvalue weighted by Crippen LogP contribution is -2.50. The number of amides is 1. The zero-order valence-electron chi connectivity index (χ0n) is 12.8. The molecule has 1 amide bonds. The molecular formula is C17H24ClFN2O. The van der Waals surface area contributed by atoms with Crippen LogP contribution in [0.3, 0.4) is 0 Å². The van der Waals surface area contributed by atoms with E-state index in [0.29, 0.717) is 6.54 Å². The van der Waals surface area contributed by atoms with E-state index in [1.807, 2.05) is 11.0 Å². The van der Waals surface area contributed by atoms with Crippen LogP contribution in [0.25, 0.3) is 0 Å². The van der Waals surface area contributed by atoms with Gasteiger partial charge in [0.1, 0.15) is 5.82 Å². The van der Waals surface area contributed by atoms with Crippen molar-refractivity contribution in [2.75, 3.05) is 19.6 Å². The van der Waals surface area contributed by atoms with Gasteiger partial charge in [-0.05, 0) is 30.5 Å². The molecule has 0 radical (unpaired) electrons.